The van der Waals surface area contributed by atoms with E-state index in [-0.39, 0.29) is 6.54 Å². The SMILES string of the molecule is Cc1ccc(CNC(=O)CC(O)(c2nccn2C)C(F)(F)F)c(C)c1. The minimum atomic E-state index is -5.04. The number of carbonyl (C=O) groups excluding carboxylic acids is 1. The summed E-state index contributed by atoms with van der Waals surface area (Å²) in [5, 5.41) is 12.6. The number of nitrogens with zero attached hydrogens (tertiary/aromatic N) is 2. The van der Waals surface area contributed by atoms with Crippen molar-refractivity contribution in [1.82, 2.24) is 14.9 Å². The van der Waals surface area contributed by atoms with Gasteiger partial charge in [0.2, 0.25) is 11.5 Å². The summed E-state index contributed by atoms with van der Waals surface area (Å²) in [5.41, 5.74) is -0.576. The van der Waals surface area contributed by atoms with Crippen LogP contribution in [-0.2, 0) is 24.0 Å². The fourth-order valence-corrected chi connectivity index (χ4v) is 2.60. The fourth-order valence-electron chi connectivity index (χ4n) is 2.60. The highest BCUT2D eigenvalue weighted by atomic mass is 19.4. The predicted molar refractivity (Wildman–Crippen MR) is 85.5 cm³/mol. The second kappa shape index (κ2) is 6.87. The first-order valence-electron chi connectivity index (χ1n) is 7.64. The summed E-state index contributed by atoms with van der Waals surface area (Å²) in [7, 11) is 1.33. The number of hydrogen-bond donors (Lipinski definition) is 2. The summed E-state index contributed by atoms with van der Waals surface area (Å²) in [6.45, 7) is 3.86. The number of hydrogen-bond acceptors (Lipinski definition) is 3. The first-order valence-corrected chi connectivity index (χ1v) is 7.64. The van der Waals surface area contributed by atoms with Gasteiger partial charge >= 0.3 is 6.18 Å². The van der Waals surface area contributed by atoms with Crippen molar-refractivity contribution in [3.8, 4) is 0 Å². The van der Waals surface area contributed by atoms with Crippen LogP contribution in [0.2, 0.25) is 0 Å². The number of amides is 1. The van der Waals surface area contributed by atoms with E-state index < -0.39 is 29.9 Å². The Morgan fingerprint density at radius 1 is 1.32 bits per heavy atom. The summed E-state index contributed by atoms with van der Waals surface area (Å²) >= 11 is 0. The van der Waals surface area contributed by atoms with Gasteiger partial charge in [0.25, 0.3) is 0 Å². The van der Waals surface area contributed by atoms with Gasteiger partial charge < -0.3 is 15.0 Å². The molecule has 0 fully saturated rings. The number of benzene rings is 1. The lowest BCUT2D eigenvalue weighted by atomic mass is 9.97. The van der Waals surface area contributed by atoms with Crippen molar-refractivity contribution in [1.29, 1.82) is 0 Å². The van der Waals surface area contributed by atoms with Gasteiger partial charge in [-0.05, 0) is 25.0 Å². The quantitative estimate of drug-likeness (QED) is 0.866. The van der Waals surface area contributed by atoms with E-state index in [2.05, 4.69) is 10.3 Å². The molecular weight excluding hydrogens is 335 g/mol. The van der Waals surface area contributed by atoms with Crippen molar-refractivity contribution in [2.45, 2.75) is 38.6 Å². The van der Waals surface area contributed by atoms with E-state index in [1.165, 1.54) is 13.2 Å². The highest BCUT2D eigenvalue weighted by Crippen LogP contribution is 2.40. The molecule has 0 bridgehead atoms. The lowest BCUT2D eigenvalue weighted by Crippen LogP contribution is -2.47. The number of rotatable bonds is 5. The van der Waals surface area contributed by atoms with Crippen molar-refractivity contribution in [3.05, 3.63) is 53.1 Å². The van der Waals surface area contributed by atoms with Crippen LogP contribution in [0.1, 0.15) is 28.9 Å². The molecule has 0 aliphatic carbocycles. The zero-order valence-electron chi connectivity index (χ0n) is 14.2. The van der Waals surface area contributed by atoms with Gasteiger partial charge in [0.05, 0.1) is 6.42 Å². The fraction of sp³-hybridized carbons (Fsp3) is 0.412. The highest BCUT2D eigenvalue weighted by molar-refractivity contribution is 5.77. The smallest absolute Gasteiger partial charge is 0.374 e. The van der Waals surface area contributed by atoms with E-state index in [1.807, 2.05) is 26.0 Å². The Morgan fingerprint density at radius 3 is 2.52 bits per heavy atom. The maximum Gasteiger partial charge on any atom is 0.425 e. The van der Waals surface area contributed by atoms with Gasteiger partial charge in [-0.3, -0.25) is 4.79 Å². The predicted octanol–water partition coefficient (Wildman–Crippen LogP) is 2.49. The lowest BCUT2D eigenvalue weighted by molar-refractivity contribution is -0.271. The largest absolute Gasteiger partial charge is 0.425 e. The van der Waals surface area contributed by atoms with Crippen LogP contribution in [0.15, 0.2) is 30.6 Å². The van der Waals surface area contributed by atoms with Crippen LogP contribution < -0.4 is 5.32 Å². The molecule has 2 rings (SSSR count). The lowest BCUT2D eigenvalue weighted by Gasteiger charge is -2.29. The van der Waals surface area contributed by atoms with Gasteiger partial charge in [-0.2, -0.15) is 13.2 Å². The van der Waals surface area contributed by atoms with Crippen LogP contribution >= 0.6 is 0 Å². The second-order valence-electron chi connectivity index (χ2n) is 6.10. The molecule has 0 radical (unpaired) electrons. The molecular formula is C17H20F3N3O2. The van der Waals surface area contributed by atoms with Gasteiger partial charge in [-0.15, -0.1) is 0 Å². The Morgan fingerprint density at radius 2 is 2.00 bits per heavy atom. The number of alkyl halides is 3. The third kappa shape index (κ3) is 4.01. The zero-order valence-corrected chi connectivity index (χ0v) is 14.2. The summed E-state index contributed by atoms with van der Waals surface area (Å²) in [5.74, 6) is -1.54. The van der Waals surface area contributed by atoms with Crippen LogP contribution in [0.5, 0.6) is 0 Å². The van der Waals surface area contributed by atoms with Crippen molar-refractivity contribution < 1.29 is 23.1 Å². The topological polar surface area (TPSA) is 67.2 Å². The van der Waals surface area contributed by atoms with Crippen molar-refractivity contribution in [3.63, 3.8) is 0 Å². The first-order chi connectivity index (χ1) is 11.5. The van der Waals surface area contributed by atoms with Crippen molar-refractivity contribution in [2.24, 2.45) is 7.05 Å². The Bertz CT molecular complexity index is 771. The number of imidazole rings is 1. The maximum absolute atomic E-state index is 13.4. The molecule has 1 unspecified atom stereocenters. The number of carbonyl (C=O) groups is 1. The maximum atomic E-state index is 13.4. The zero-order chi connectivity index (χ0) is 18.8. The average molecular weight is 355 g/mol. The average Bonchev–Trinajstić information content (AvgIpc) is 2.91. The van der Waals surface area contributed by atoms with Crippen LogP contribution in [-0.4, -0.2) is 26.7 Å². The molecule has 0 aliphatic heterocycles. The van der Waals surface area contributed by atoms with Crippen molar-refractivity contribution >= 4 is 5.91 Å². The molecule has 8 heteroatoms. The third-order valence-electron chi connectivity index (χ3n) is 4.05. The second-order valence-corrected chi connectivity index (χ2v) is 6.10. The Labute approximate surface area is 143 Å². The Hall–Kier alpha value is -2.35. The van der Waals surface area contributed by atoms with Gasteiger partial charge in [0, 0.05) is 26.0 Å². The molecule has 1 atom stereocenters. The number of aryl methyl sites for hydroxylation is 3. The third-order valence-corrected chi connectivity index (χ3v) is 4.05. The van der Waals surface area contributed by atoms with Gasteiger partial charge in [-0.25, -0.2) is 4.98 Å². The molecule has 2 N–H and O–H groups in total. The standard InChI is InChI=1S/C17H20F3N3O2/c1-11-4-5-13(12(2)8-11)10-22-14(24)9-16(25,17(18,19)20)15-21-6-7-23(15)3/h4-8,25H,9-10H2,1-3H3,(H,22,24). The molecule has 1 amide bonds. The van der Waals surface area contributed by atoms with E-state index in [9.17, 15) is 23.1 Å². The number of aliphatic hydroxyl groups is 1. The van der Waals surface area contributed by atoms with E-state index in [0.717, 1.165) is 27.5 Å². The highest BCUT2D eigenvalue weighted by Gasteiger charge is 2.58. The molecule has 1 aromatic heterocycles. The summed E-state index contributed by atoms with van der Waals surface area (Å²) in [6.07, 6.45) is -3.78. The monoisotopic (exact) mass is 355 g/mol. The molecule has 136 valence electrons. The number of nitrogens with one attached hydrogen (secondary N) is 1. The van der Waals surface area contributed by atoms with Gasteiger partial charge in [0.15, 0.2) is 5.82 Å². The molecule has 0 aliphatic rings. The molecule has 0 spiro atoms. The molecule has 1 heterocycles. The summed E-state index contributed by atoms with van der Waals surface area (Å²) in [4.78, 5) is 15.6. The molecule has 2 aromatic rings. The molecule has 0 saturated carbocycles. The van der Waals surface area contributed by atoms with Crippen LogP contribution in [0.3, 0.4) is 0 Å². The van der Waals surface area contributed by atoms with Gasteiger partial charge in [-0.1, -0.05) is 23.8 Å². The number of halogens is 3. The van der Waals surface area contributed by atoms with Gasteiger partial charge in [0.1, 0.15) is 0 Å². The molecule has 5 nitrogen and oxygen atoms in total. The molecule has 0 saturated heterocycles. The Kier molecular flexibility index (Phi) is 5.22. The normalized spacial score (nSPS) is 14.2. The van der Waals surface area contributed by atoms with Crippen LogP contribution in [0.25, 0.3) is 0 Å². The van der Waals surface area contributed by atoms with Crippen molar-refractivity contribution in [2.75, 3.05) is 0 Å². The van der Waals surface area contributed by atoms with Crippen LogP contribution in [0, 0.1) is 13.8 Å². The molecule has 25 heavy (non-hydrogen) atoms. The van der Waals surface area contributed by atoms with E-state index >= 15 is 0 Å². The minimum Gasteiger partial charge on any atom is -0.374 e. The van der Waals surface area contributed by atoms with E-state index in [1.54, 1.807) is 6.07 Å². The number of aromatic nitrogens is 2. The van der Waals surface area contributed by atoms with E-state index in [0.29, 0.717) is 0 Å². The summed E-state index contributed by atoms with van der Waals surface area (Å²) in [6, 6.07) is 5.58. The minimum absolute atomic E-state index is 0.0828. The van der Waals surface area contributed by atoms with Crippen LogP contribution in [0.4, 0.5) is 13.2 Å². The first kappa shape index (κ1) is 19.0. The summed E-state index contributed by atoms with van der Waals surface area (Å²) < 4.78 is 41.2. The Balaban J connectivity index is 2.14. The van der Waals surface area contributed by atoms with E-state index in [4.69, 9.17) is 0 Å². The molecule has 1 aromatic carbocycles.